The van der Waals surface area contributed by atoms with Crippen molar-refractivity contribution in [3.8, 4) is 0 Å². The summed E-state index contributed by atoms with van der Waals surface area (Å²) in [6.45, 7) is 3.53. The van der Waals surface area contributed by atoms with Crippen molar-refractivity contribution in [3.05, 3.63) is 24.4 Å². The highest BCUT2D eigenvalue weighted by molar-refractivity contribution is 5.18. The van der Waals surface area contributed by atoms with Gasteiger partial charge in [-0.1, -0.05) is 5.10 Å². The molecule has 0 bridgehead atoms. The normalized spacial score (nSPS) is 10.4. The van der Waals surface area contributed by atoms with Crippen molar-refractivity contribution >= 4 is 6.01 Å². The zero-order valence-corrected chi connectivity index (χ0v) is 7.84. The second-order valence-electron chi connectivity index (χ2n) is 2.74. The van der Waals surface area contributed by atoms with E-state index in [-0.39, 0.29) is 0 Å². The lowest BCUT2D eigenvalue weighted by Crippen LogP contribution is -2.07. The summed E-state index contributed by atoms with van der Waals surface area (Å²) in [6.07, 6.45) is 3.06. The second-order valence-corrected chi connectivity index (χ2v) is 2.74. The van der Waals surface area contributed by atoms with E-state index < -0.39 is 0 Å². The molecule has 2 aromatic rings. The fourth-order valence-electron chi connectivity index (χ4n) is 1.21. The fourth-order valence-corrected chi connectivity index (χ4v) is 1.21. The van der Waals surface area contributed by atoms with Crippen LogP contribution in [-0.4, -0.2) is 20.0 Å². The number of rotatable bonds is 4. The topological polar surface area (TPSA) is 68.8 Å². The summed E-state index contributed by atoms with van der Waals surface area (Å²) in [4.78, 5) is 0. The average Bonchev–Trinajstić information content (AvgIpc) is 2.85. The predicted molar refractivity (Wildman–Crippen MR) is 49.5 cm³/mol. The number of nitrogens with zero attached hydrogens (tertiary/aromatic N) is 4. The Bertz CT molecular complexity index is 380. The largest absolute Gasteiger partial charge is 0.411 e. The highest BCUT2D eigenvalue weighted by atomic mass is 16.4. The Kier molecular flexibility index (Phi) is 2.44. The van der Waals surface area contributed by atoms with Gasteiger partial charge in [0.05, 0.1) is 12.2 Å². The van der Waals surface area contributed by atoms with E-state index in [0.29, 0.717) is 12.6 Å². The molecule has 2 heterocycles. The van der Waals surface area contributed by atoms with Gasteiger partial charge in [-0.25, -0.2) is 0 Å². The van der Waals surface area contributed by atoms with Crippen molar-refractivity contribution in [2.45, 2.75) is 20.0 Å². The molecule has 0 saturated heterocycles. The Morgan fingerprint density at radius 1 is 1.57 bits per heavy atom. The van der Waals surface area contributed by atoms with E-state index in [1.54, 1.807) is 6.20 Å². The lowest BCUT2D eigenvalue weighted by Gasteiger charge is -2.03. The van der Waals surface area contributed by atoms with E-state index in [9.17, 15) is 0 Å². The quantitative estimate of drug-likeness (QED) is 0.781. The zero-order chi connectivity index (χ0) is 9.80. The van der Waals surface area contributed by atoms with E-state index in [0.717, 1.165) is 12.2 Å². The van der Waals surface area contributed by atoms with Gasteiger partial charge in [0, 0.05) is 12.7 Å². The van der Waals surface area contributed by atoms with Gasteiger partial charge in [-0.15, -0.1) is 5.10 Å². The van der Waals surface area contributed by atoms with Crippen LogP contribution in [0.25, 0.3) is 0 Å². The van der Waals surface area contributed by atoms with E-state index in [4.69, 9.17) is 4.42 Å². The monoisotopic (exact) mass is 193 g/mol. The number of hydrogen-bond acceptors (Lipinski definition) is 5. The maximum atomic E-state index is 4.94. The summed E-state index contributed by atoms with van der Waals surface area (Å²) >= 11 is 0. The van der Waals surface area contributed by atoms with Crippen molar-refractivity contribution in [2.24, 2.45) is 0 Å². The Hall–Kier alpha value is -1.85. The molecule has 0 fully saturated rings. The maximum Gasteiger partial charge on any atom is 0.315 e. The molecule has 74 valence electrons. The molecular formula is C8H11N5O. The number of aromatic nitrogens is 4. The highest BCUT2D eigenvalue weighted by Crippen LogP contribution is 2.04. The third kappa shape index (κ3) is 1.73. The Morgan fingerprint density at radius 2 is 2.50 bits per heavy atom. The molecular weight excluding hydrogens is 182 g/mol. The van der Waals surface area contributed by atoms with E-state index >= 15 is 0 Å². The molecule has 0 aliphatic carbocycles. The Labute approximate surface area is 80.9 Å². The first-order valence-corrected chi connectivity index (χ1v) is 4.41. The average molecular weight is 193 g/mol. The van der Waals surface area contributed by atoms with E-state index in [1.807, 2.05) is 17.7 Å². The molecule has 2 aromatic heterocycles. The van der Waals surface area contributed by atoms with Crippen LogP contribution in [0.4, 0.5) is 6.01 Å². The van der Waals surface area contributed by atoms with Crippen molar-refractivity contribution in [3.63, 3.8) is 0 Å². The summed E-state index contributed by atoms with van der Waals surface area (Å²) in [7, 11) is 0. The second kappa shape index (κ2) is 3.91. The molecule has 0 saturated carbocycles. The van der Waals surface area contributed by atoms with Crippen molar-refractivity contribution in [1.82, 2.24) is 20.0 Å². The van der Waals surface area contributed by atoms with Gasteiger partial charge in [0.15, 0.2) is 0 Å². The van der Waals surface area contributed by atoms with Crippen LogP contribution in [0.15, 0.2) is 23.1 Å². The van der Waals surface area contributed by atoms with Crippen molar-refractivity contribution in [1.29, 1.82) is 0 Å². The van der Waals surface area contributed by atoms with Gasteiger partial charge >= 0.3 is 6.01 Å². The van der Waals surface area contributed by atoms with Crippen LogP contribution in [0.3, 0.4) is 0 Å². The number of aryl methyl sites for hydroxylation is 1. The van der Waals surface area contributed by atoms with Crippen LogP contribution in [-0.2, 0) is 13.1 Å². The SMILES string of the molecule is CCn1nccc1CNc1nnco1. The van der Waals surface area contributed by atoms with Crippen molar-refractivity contribution < 1.29 is 4.42 Å². The summed E-state index contributed by atoms with van der Waals surface area (Å²) in [6, 6.07) is 2.38. The molecule has 2 rings (SSSR count). The van der Waals surface area contributed by atoms with Crippen LogP contribution in [0.5, 0.6) is 0 Å². The third-order valence-electron chi connectivity index (χ3n) is 1.88. The Morgan fingerprint density at radius 3 is 3.21 bits per heavy atom. The molecule has 0 radical (unpaired) electrons. The summed E-state index contributed by atoms with van der Waals surface area (Å²) in [5.41, 5.74) is 1.09. The highest BCUT2D eigenvalue weighted by Gasteiger charge is 2.02. The third-order valence-corrected chi connectivity index (χ3v) is 1.88. The zero-order valence-electron chi connectivity index (χ0n) is 7.84. The summed E-state index contributed by atoms with van der Waals surface area (Å²) in [5, 5.41) is 14.4. The molecule has 1 N–H and O–H groups in total. The first-order chi connectivity index (χ1) is 6.90. The van der Waals surface area contributed by atoms with Crippen LogP contribution >= 0.6 is 0 Å². The first-order valence-electron chi connectivity index (χ1n) is 4.41. The van der Waals surface area contributed by atoms with Crippen LogP contribution in [0.2, 0.25) is 0 Å². The summed E-state index contributed by atoms with van der Waals surface area (Å²) < 4.78 is 6.85. The molecule has 0 spiro atoms. The van der Waals surface area contributed by atoms with Crippen LogP contribution < -0.4 is 5.32 Å². The van der Waals surface area contributed by atoms with Gasteiger partial charge in [-0.2, -0.15) is 5.10 Å². The number of anilines is 1. The minimum atomic E-state index is 0.425. The molecule has 0 atom stereocenters. The van der Waals surface area contributed by atoms with Crippen molar-refractivity contribution in [2.75, 3.05) is 5.32 Å². The van der Waals surface area contributed by atoms with Crippen LogP contribution in [0, 0.1) is 0 Å². The van der Waals surface area contributed by atoms with Gasteiger partial charge in [-0.05, 0) is 13.0 Å². The summed E-state index contributed by atoms with van der Waals surface area (Å²) in [5.74, 6) is 0. The first kappa shape index (κ1) is 8.74. The maximum absolute atomic E-state index is 4.94. The standard InChI is InChI=1S/C8H11N5O/c1-2-13-7(3-4-11-13)5-9-8-12-10-6-14-8/h3-4,6H,2,5H2,1H3,(H,9,12). The minimum Gasteiger partial charge on any atom is -0.411 e. The van der Waals surface area contributed by atoms with Gasteiger partial charge in [0.2, 0.25) is 6.39 Å². The van der Waals surface area contributed by atoms with Gasteiger partial charge < -0.3 is 9.73 Å². The minimum absolute atomic E-state index is 0.425. The smallest absolute Gasteiger partial charge is 0.315 e. The molecule has 6 heteroatoms. The van der Waals surface area contributed by atoms with Gasteiger partial charge in [-0.3, -0.25) is 4.68 Å². The molecule has 0 amide bonds. The van der Waals surface area contributed by atoms with Gasteiger partial charge in [0.1, 0.15) is 0 Å². The van der Waals surface area contributed by atoms with E-state index in [2.05, 4.69) is 20.6 Å². The molecule has 0 unspecified atom stereocenters. The molecule has 0 aliphatic heterocycles. The molecule has 0 aliphatic rings. The number of nitrogens with one attached hydrogen (secondary N) is 1. The fraction of sp³-hybridized carbons (Fsp3) is 0.375. The van der Waals surface area contributed by atoms with Gasteiger partial charge in [0.25, 0.3) is 0 Å². The molecule has 0 aromatic carbocycles. The van der Waals surface area contributed by atoms with E-state index in [1.165, 1.54) is 6.39 Å². The lowest BCUT2D eigenvalue weighted by atomic mass is 10.4. The lowest BCUT2D eigenvalue weighted by molar-refractivity contribution is 0.561. The number of hydrogen-bond donors (Lipinski definition) is 1. The Balaban J connectivity index is 1.98. The molecule has 6 nitrogen and oxygen atoms in total. The molecule has 14 heavy (non-hydrogen) atoms. The predicted octanol–water partition coefficient (Wildman–Crippen LogP) is 0.898. The van der Waals surface area contributed by atoms with Crippen LogP contribution in [0.1, 0.15) is 12.6 Å².